The smallest absolute Gasteiger partial charge is 0.462 e. The van der Waals surface area contributed by atoms with Crippen LogP contribution in [0, 0.1) is 0 Å². The summed E-state index contributed by atoms with van der Waals surface area (Å²) in [6.45, 7) is 3.76. The van der Waals surface area contributed by atoms with E-state index in [0.29, 0.717) is 6.42 Å². The second-order valence-corrected chi connectivity index (χ2v) is 22.7. The highest BCUT2D eigenvalue weighted by atomic mass is 31.2. The van der Waals surface area contributed by atoms with Gasteiger partial charge in [-0.2, -0.15) is 0 Å². The van der Waals surface area contributed by atoms with E-state index in [1.807, 2.05) is 0 Å². The van der Waals surface area contributed by atoms with Gasteiger partial charge in [-0.15, -0.1) is 0 Å². The quantitative estimate of drug-likeness (QED) is 0.0264. The molecule has 0 amide bonds. The predicted octanol–water partition coefficient (Wildman–Crippen LogP) is 19.8. The molecule has 9 nitrogen and oxygen atoms in total. The Balaban J connectivity index is 3.79. The van der Waals surface area contributed by atoms with E-state index in [4.69, 9.17) is 24.3 Å². The molecule has 0 aromatic rings. The van der Waals surface area contributed by atoms with Crippen LogP contribution >= 0.6 is 7.82 Å². The third-order valence-electron chi connectivity index (χ3n) is 14.1. The number of phosphoric acid groups is 1. The zero-order valence-electron chi connectivity index (χ0n) is 47.7. The summed E-state index contributed by atoms with van der Waals surface area (Å²) in [5, 5.41) is 0. The van der Waals surface area contributed by atoms with Crippen molar-refractivity contribution in [3.63, 3.8) is 0 Å². The Bertz CT molecular complexity index is 1230. The SMILES string of the molecule is CCCCC/C=C\C/C=C\CCCCCCCCCC(=O)OC(COC(=O)CCCCCCCCCCCCCCCCCCCCCCCCCCCCCCCCCCCC)COP(=O)(O)OCCN. The molecule has 0 aromatic carbocycles. The van der Waals surface area contributed by atoms with Crippen molar-refractivity contribution < 1.29 is 37.6 Å². The fourth-order valence-electron chi connectivity index (χ4n) is 9.44. The summed E-state index contributed by atoms with van der Waals surface area (Å²) in [6, 6.07) is 0. The van der Waals surface area contributed by atoms with Crippen LogP contribution in [0.3, 0.4) is 0 Å². The van der Waals surface area contributed by atoms with Crippen molar-refractivity contribution in [2.45, 2.75) is 335 Å². The lowest BCUT2D eigenvalue weighted by molar-refractivity contribution is -0.161. The minimum atomic E-state index is -4.39. The van der Waals surface area contributed by atoms with Gasteiger partial charge in [0.1, 0.15) is 6.61 Å². The first-order chi connectivity index (χ1) is 35.3. The van der Waals surface area contributed by atoms with Crippen LogP contribution in [0.4, 0.5) is 0 Å². The number of carbonyl (C=O) groups is 2. The van der Waals surface area contributed by atoms with E-state index >= 15 is 0 Å². The molecule has 0 bridgehead atoms. The summed E-state index contributed by atoms with van der Waals surface area (Å²) >= 11 is 0. The minimum Gasteiger partial charge on any atom is -0.462 e. The Morgan fingerprint density at radius 2 is 0.722 bits per heavy atom. The van der Waals surface area contributed by atoms with Crippen LogP contribution in [-0.4, -0.2) is 49.3 Å². The summed E-state index contributed by atoms with van der Waals surface area (Å²) < 4.78 is 33.0. The molecule has 72 heavy (non-hydrogen) atoms. The monoisotopic (exact) mass is 1040 g/mol. The first kappa shape index (κ1) is 70.5. The van der Waals surface area contributed by atoms with Crippen molar-refractivity contribution >= 4 is 19.8 Å². The van der Waals surface area contributed by atoms with Crippen LogP contribution in [0.2, 0.25) is 0 Å². The highest BCUT2D eigenvalue weighted by Gasteiger charge is 2.26. The second kappa shape index (κ2) is 58.7. The summed E-state index contributed by atoms with van der Waals surface area (Å²) in [7, 11) is -4.39. The number of phosphoric ester groups is 1. The molecule has 0 fully saturated rings. The van der Waals surface area contributed by atoms with Crippen molar-refractivity contribution in [3.8, 4) is 0 Å². The number of rotatable bonds is 60. The molecule has 0 aliphatic carbocycles. The lowest BCUT2D eigenvalue weighted by Crippen LogP contribution is -2.29. The molecular weight excluding hydrogens is 918 g/mol. The summed E-state index contributed by atoms with van der Waals surface area (Å²) in [4.78, 5) is 35.2. The standard InChI is InChI=1S/C62H120NO8P/c1-3-5-7-9-11-13-15-17-19-21-22-23-24-25-26-27-28-29-30-31-32-33-34-35-36-37-39-40-42-44-46-48-50-52-54-61(64)68-58-60(59-70-72(66,67)69-57-56-63)71-62(65)55-53-51-49-47-45-43-41-38-20-18-16-14-12-10-8-6-4-2/h12,14,18,20,60H,3-11,13,15-17,19,21-59,63H2,1-2H3,(H,66,67)/b14-12-,20-18-. The third kappa shape index (κ3) is 57.8. The summed E-state index contributed by atoms with van der Waals surface area (Å²) in [6.07, 6.45) is 69.8. The Labute approximate surface area is 446 Å². The molecule has 0 saturated carbocycles. The molecule has 0 saturated heterocycles. The van der Waals surface area contributed by atoms with E-state index in [-0.39, 0.29) is 38.6 Å². The van der Waals surface area contributed by atoms with Gasteiger partial charge in [0.2, 0.25) is 0 Å². The first-order valence-electron chi connectivity index (χ1n) is 31.3. The van der Waals surface area contributed by atoms with Crippen molar-refractivity contribution in [1.29, 1.82) is 0 Å². The molecule has 426 valence electrons. The number of carbonyl (C=O) groups excluding carboxylic acids is 2. The third-order valence-corrected chi connectivity index (χ3v) is 15.1. The van der Waals surface area contributed by atoms with Crippen LogP contribution in [0.1, 0.15) is 328 Å². The number of unbranched alkanes of at least 4 members (excludes halogenated alkanes) is 43. The van der Waals surface area contributed by atoms with Gasteiger partial charge in [-0.3, -0.25) is 18.6 Å². The number of esters is 2. The van der Waals surface area contributed by atoms with Gasteiger partial charge >= 0.3 is 19.8 Å². The van der Waals surface area contributed by atoms with Gasteiger partial charge in [0.05, 0.1) is 13.2 Å². The van der Waals surface area contributed by atoms with Crippen LogP contribution in [-0.2, 0) is 32.7 Å². The van der Waals surface area contributed by atoms with E-state index in [2.05, 4.69) is 38.2 Å². The van der Waals surface area contributed by atoms with E-state index in [1.54, 1.807) is 0 Å². The zero-order valence-corrected chi connectivity index (χ0v) is 48.6. The molecule has 10 heteroatoms. The molecule has 0 aliphatic heterocycles. The van der Waals surface area contributed by atoms with Crippen molar-refractivity contribution in [2.24, 2.45) is 5.73 Å². The molecule has 2 atom stereocenters. The van der Waals surface area contributed by atoms with E-state index in [9.17, 15) is 19.0 Å². The van der Waals surface area contributed by atoms with Crippen LogP contribution in [0.5, 0.6) is 0 Å². The fraction of sp³-hybridized carbons (Fsp3) is 0.903. The Hall–Kier alpha value is -1.51. The average molecular weight is 1040 g/mol. The predicted molar refractivity (Wildman–Crippen MR) is 307 cm³/mol. The molecule has 0 aliphatic rings. The largest absolute Gasteiger partial charge is 0.472 e. The topological polar surface area (TPSA) is 134 Å². The van der Waals surface area contributed by atoms with E-state index in [1.165, 1.54) is 244 Å². The molecule has 2 unspecified atom stereocenters. The maximum atomic E-state index is 12.7. The minimum absolute atomic E-state index is 0.0540. The van der Waals surface area contributed by atoms with Gasteiger partial charge in [-0.05, 0) is 44.9 Å². The normalized spacial score (nSPS) is 13.1. The van der Waals surface area contributed by atoms with Gasteiger partial charge in [0.25, 0.3) is 0 Å². The fourth-order valence-corrected chi connectivity index (χ4v) is 10.2. The van der Waals surface area contributed by atoms with Crippen molar-refractivity contribution in [2.75, 3.05) is 26.4 Å². The number of allylic oxidation sites excluding steroid dienone is 4. The molecule has 0 aromatic heterocycles. The van der Waals surface area contributed by atoms with Crippen LogP contribution in [0.15, 0.2) is 24.3 Å². The number of hydrogen-bond acceptors (Lipinski definition) is 8. The van der Waals surface area contributed by atoms with Gasteiger partial charge in [0, 0.05) is 19.4 Å². The lowest BCUT2D eigenvalue weighted by Gasteiger charge is -2.19. The zero-order chi connectivity index (χ0) is 52.4. The van der Waals surface area contributed by atoms with Gasteiger partial charge in [-0.1, -0.05) is 295 Å². The Morgan fingerprint density at radius 1 is 0.417 bits per heavy atom. The molecule has 0 heterocycles. The Morgan fingerprint density at radius 3 is 1.08 bits per heavy atom. The summed E-state index contributed by atoms with van der Waals surface area (Å²) in [5.74, 6) is -0.820. The Kier molecular flexibility index (Phi) is 57.5. The van der Waals surface area contributed by atoms with E-state index in [0.717, 1.165) is 51.4 Å². The number of hydrogen-bond donors (Lipinski definition) is 2. The summed E-state index contributed by atoms with van der Waals surface area (Å²) in [5.41, 5.74) is 5.38. The highest BCUT2D eigenvalue weighted by Crippen LogP contribution is 2.43. The van der Waals surface area contributed by atoms with Gasteiger partial charge in [-0.25, -0.2) is 4.57 Å². The van der Waals surface area contributed by atoms with Gasteiger partial charge < -0.3 is 20.1 Å². The maximum absolute atomic E-state index is 12.7. The highest BCUT2D eigenvalue weighted by molar-refractivity contribution is 7.47. The number of nitrogens with two attached hydrogens (primary N) is 1. The van der Waals surface area contributed by atoms with Crippen molar-refractivity contribution in [3.05, 3.63) is 24.3 Å². The lowest BCUT2D eigenvalue weighted by atomic mass is 10.0. The molecule has 3 N–H and O–H groups in total. The molecular formula is C62H120NO8P. The van der Waals surface area contributed by atoms with E-state index < -0.39 is 26.5 Å². The first-order valence-corrected chi connectivity index (χ1v) is 32.8. The van der Waals surface area contributed by atoms with Crippen LogP contribution in [0.25, 0.3) is 0 Å². The maximum Gasteiger partial charge on any atom is 0.472 e. The second-order valence-electron chi connectivity index (χ2n) is 21.3. The van der Waals surface area contributed by atoms with Crippen LogP contribution < -0.4 is 5.73 Å². The van der Waals surface area contributed by atoms with Gasteiger partial charge in [0.15, 0.2) is 6.10 Å². The molecule has 0 spiro atoms. The molecule has 0 radical (unpaired) electrons. The van der Waals surface area contributed by atoms with Crippen molar-refractivity contribution in [1.82, 2.24) is 0 Å². The average Bonchev–Trinajstić information content (AvgIpc) is 3.37. The molecule has 0 rings (SSSR count). The number of ether oxygens (including phenoxy) is 2.